The molecule has 1 aromatic rings. The molecule has 1 N–H and O–H groups in total. The molecule has 76 valence electrons. The van der Waals surface area contributed by atoms with Crippen molar-refractivity contribution in [2.75, 3.05) is 13.2 Å². The summed E-state index contributed by atoms with van der Waals surface area (Å²) >= 11 is 0. The van der Waals surface area contributed by atoms with Crippen molar-refractivity contribution < 1.29 is 19.4 Å². The number of rotatable bonds is 0. The zero-order valence-electron chi connectivity index (χ0n) is 7.90. The van der Waals surface area contributed by atoms with Gasteiger partial charge in [0.1, 0.15) is 13.2 Å². The zero-order chi connectivity index (χ0) is 10.4. The summed E-state index contributed by atoms with van der Waals surface area (Å²) in [6, 6.07) is 7.70. The Morgan fingerprint density at radius 1 is 1.21 bits per heavy atom. The highest BCUT2D eigenvalue weighted by atomic mass is 16.6. The van der Waals surface area contributed by atoms with E-state index in [4.69, 9.17) is 19.4 Å². The van der Waals surface area contributed by atoms with Gasteiger partial charge in [-0.05, 0) is 12.1 Å². The van der Waals surface area contributed by atoms with E-state index in [9.17, 15) is 0 Å². The van der Waals surface area contributed by atoms with Gasteiger partial charge in [-0.1, -0.05) is 12.1 Å². The minimum atomic E-state index is -0.833. The summed E-state index contributed by atoms with van der Waals surface area (Å²) in [6.07, 6.45) is 0. The van der Waals surface area contributed by atoms with Crippen LogP contribution >= 0.6 is 0 Å². The summed E-state index contributed by atoms with van der Waals surface area (Å²) in [6.45, 7) is 2.41. The molecule has 1 aliphatic heterocycles. The average molecular weight is 196 g/mol. The molecule has 0 saturated heterocycles. The second-order valence-electron chi connectivity index (χ2n) is 2.66. The fourth-order valence-corrected chi connectivity index (χ4v) is 0.992. The van der Waals surface area contributed by atoms with Gasteiger partial charge in [-0.2, -0.15) is 0 Å². The standard InChI is InChI=1S/C8H8O2.C2H4O2/c1-2-4-8-7(3-1)9-5-6-10-8;1-2(3)4/h1-4H,5-6H2;1H3,(H,3,4). The number of ether oxygens (including phenoxy) is 2. The lowest BCUT2D eigenvalue weighted by atomic mass is 10.3. The van der Waals surface area contributed by atoms with Crippen LogP contribution in [0.5, 0.6) is 11.5 Å². The molecule has 0 saturated carbocycles. The van der Waals surface area contributed by atoms with Crippen LogP contribution in [-0.4, -0.2) is 24.3 Å². The number of carbonyl (C=O) groups is 1. The molecule has 4 heteroatoms. The predicted octanol–water partition coefficient (Wildman–Crippen LogP) is 1.55. The highest BCUT2D eigenvalue weighted by Gasteiger charge is 2.07. The lowest BCUT2D eigenvalue weighted by Gasteiger charge is -2.17. The molecule has 1 aliphatic rings. The van der Waals surface area contributed by atoms with Crippen molar-refractivity contribution in [3.05, 3.63) is 24.3 Å². The lowest BCUT2D eigenvalue weighted by molar-refractivity contribution is -0.134. The monoisotopic (exact) mass is 196 g/mol. The zero-order valence-corrected chi connectivity index (χ0v) is 7.90. The fourth-order valence-electron chi connectivity index (χ4n) is 0.992. The molecule has 0 radical (unpaired) electrons. The van der Waals surface area contributed by atoms with Crippen LogP contribution < -0.4 is 9.47 Å². The molecule has 0 spiro atoms. The first-order valence-electron chi connectivity index (χ1n) is 4.24. The lowest BCUT2D eigenvalue weighted by Crippen LogP contribution is -2.14. The van der Waals surface area contributed by atoms with Crippen molar-refractivity contribution in [3.8, 4) is 11.5 Å². The molecular weight excluding hydrogens is 184 g/mol. The quantitative estimate of drug-likeness (QED) is 0.684. The second kappa shape index (κ2) is 5.11. The maximum Gasteiger partial charge on any atom is 0.300 e. The van der Waals surface area contributed by atoms with E-state index in [-0.39, 0.29) is 0 Å². The highest BCUT2D eigenvalue weighted by Crippen LogP contribution is 2.28. The molecule has 0 bridgehead atoms. The summed E-state index contributed by atoms with van der Waals surface area (Å²) < 4.78 is 10.6. The van der Waals surface area contributed by atoms with Crippen LogP contribution in [-0.2, 0) is 4.79 Å². The molecule has 0 aromatic heterocycles. The molecule has 0 unspecified atom stereocenters. The van der Waals surface area contributed by atoms with Crippen molar-refractivity contribution in [1.29, 1.82) is 0 Å². The molecule has 1 aromatic carbocycles. The Morgan fingerprint density at radius 2 is 1.57 bits per heavy atom. The maximum absolute atomic E-state index is 9.00. The van der Waals surface area contributed by atoms with Gasteiger partial charge in [-0.3, -0.25) is 4.79 Å². The van der Waals surface area contributed by atoms with Crippen LogP contribution in [0, 0.1) is 0 Å². The second-order valence-corrected chi connectivity index (χ2v) is 2.66. The number of para-hydroxylation sites is 2. The smallest absolute Gasteiger partial charge is 0.300 e. The fraction of sp³-hybridized carbons (Fsp3) is 0.300. The number of benzene rings is 1. The molecule has 0 fully saturated rings. The third kappa shape index (κ3) is 3.35. The van der Waals surface area contributed by atoms with Crippen LogP contribution in [0.2, 0.25) is 0 Å². The number of hydrogen-bond acceptors (Lipinski definition) is 3. The topological polar surface area (TPSA) is 55.8 Å². The van der Waals surface area contributed by atoms with Crippen molar-refractivity contribution in [3.63, 3.8) is 0 Å². The normalized spacial score (nSPS) is 12.4. The van der Waals surface area contributed by atoms with Gasteiger partial charge in [-0.25, -0.2) is 0 Å². The van der Waals surface area contributed by atoms with Crippen LogP contribution in [0.1, 0.15) is 6.92 Å². The molecule has 14 heavy (non-hydrogen) atoms. The molecule has 1 heterocycles. The Hall–Kier alpha value is -1.71. The number of aliphatic carboxylic acids is 1. The molecule has 0 amide bonds. The van der Waals surface area contributed by atoms with Crippen LogP contribution in [0.4, 0.5) is 0 Å². The predicted molar refractivity (Wildman–Crippen MR) is 50.7 cm³/mol. The minimum absolute atomic E-state index is 0.664. The molecule has 0 aliphatic carbocycles. The van der Waals surface area contributed by atoms with Gasteiger partial charge in [0.05, 0.1) is 0 Å². The number of hydrogen-bond donors (Lipinski definition) is 1. The average Bonchev–Trinajstić information content (AvgIpc) is 2.17. The first-order valence-corrected chi connectivity index (χ1v) is 4.24. The largest absolute Gasteiger partial charge is 0.486 e. The van der Waals surface area contributed by atoms with Gasteiger partial charge in [0.15, 0.2) is 11.5 Å². The van der Waals surface area contributed by atoms with Gasteiger partial charge in [0.2, 0.25) is 0 Å². The summed E-state index contributed by atoms with van der Waals surface area (Å²) in [5.41, 5.74) is 0. The molecule has 4 nitrogen and oxygen atoms in total. The number of carboxylic acids is 1. The van der Waals surface area contributed by atoms with Crippen LogP contribution in [0.15, 0.2) is 24.3 Å². The van der Waals surface area contributed by atoms with E-state index in [0.717, 1.165) is 18.4 Å². The summed E-state index contributed by atoms with van der Waals surface area (Å²) in [5.74, 6) is 0.877. The first kappa shape index (κ1) is 10.4. The van der Waals surface area contributed by atoms with E-state index >= 15 is 0 Å². The van der Waals surface area contributed by atoms with Crippen LogP contribution in [0.25, 0.3) is 0 Å². The maximum atomic E-state index is 9.00. The van der Waals surface area contributed by atoms with Crippen molar-refractivity contribution in [2.24, 2.45) is 0 Å². The third-order valence-corrected chi connectivity index (χ3v) is 1.45. The van der Waals surface area contributed by atoms with E-state index in [2.05, 4.69) is 0 Å². The summed E-state index contributed by atoms with van der Waals surface area (Å²) in [4.78, 5) is 9.00. The highest BCUT2D eigenvalue weighted by molar-refractivity contribution is 5.62. The van der Waals surface area contributed by atoms with Gasteiger partial charge in [0, 0.05) is 6.92 Å². The molecule has 2 rings (SSSR count). The van der Waals surface area contributed by atoms with Crippen molar-refractivity contribution in [2.45, 2.75) is 6.92 Å². The van der Waals surface area contributed by atoms with Gasteiger partial charge < -0.3 is 14.6 Å². The number of carboxylic acid groups (broad SMARTS) is 1. The molecule has 0 atom stereocenters. The third-order valence-electron chi connectivity index (χ3n) is 1.45. The van der Waals surface area contributed by atoms with E-state index in [1.165, 1.54) is 0 Å². The minimum Gasteiger partial charge on any atom is -0.486 e. The summed E-state index contributed by atoms with van der Waals surface area (Å²) in [5, 5.41) is 7.42. The van der Waals surface area contributed by atoms with E-state index < -0.39 is 5.97 Å². The van der Waals surface area contributed by atoms with E-state index in [1.54, 1.807) is 0 Å². The van der Waals surface area contributed by atoms with Crippen molar-refractivity contribution >= 4 is 5.97 Å². The Kier molecular flexibility index (Phi) is 3.79. The summed E-state index contributed by atoms with van der Waals surface area (Å²) in [7, 11) is 0. The molecular formula is C10H12O4. The Labute approximate surface area is 82.1 Å². The SMILES string of the molecule is CC(=O)O.c1ccc2c(c1)OCCO2. The Morgan fingerprint density at radius 3 is 1.93 bits per heavy atom. The van der Waals surface area contributed by atoms with Crippen molar-refractivity contribution in [1.82, 2.24) is 0 Å². The van der Waals surface area contributed by atoms with E-state index in [0.29, 0.717) is 13.2 Å². The van der Waals surface area contributed by atoms with Gasteiger partial charge in [-0.15, -0.1) is 0 Å². The Balaban J connectivity index is 0.000000213. The van der Waals surface area contributed by atoms with Gasteiger partial charge in [0.25, 0.3) is 5.97 Å². The number of fused-ring (bicyclic) bond motifs is 1. The van der Waals surface area contributed by atoms with Crippen LogP contribution in [0.3, 0.4) is 0 Å². The Bertz CT molecular complexity index is 280. The first-order chi connectivity index (χ1) is 6.70. The van der Waals surface area contributed by atoms with E-state index in [1.807, 2.05) is 24.3 Å². The van der Waals surface area contributed by atoms with Gasteiger partial charge >= 0.3 is 0 Å².